The van der Waals surface area contributed by atoms with Gasteiger partial charge in [0, 0.05) is 28.1 Å². The van der Waals surface area contributed by atoms with Crippen LogP contribution in [-0.4, -0.2) is 12.3 Å². The first-order valence-corrected chi connectivity index (χ1v) is 15.2. The third-order valence-corrected chi connectivity index (χ3v) is 9.01. The van der Waals surface area contributed by atoms with Crippen LogP contribution < -0.4 is 4.90 Å². The van der Waals surface area contributed by atoms with Crippen molar-refractivity contribution in [3.63, 3.8) is 0 Å². The van der Waals surface area contributed by atoms with Gasteiger partial charge < -0.3 is 4.90 Å². The van der Waals surface area contributed by atoms with Gasteiger partial charge in [-0.2, -0.15) is 0 Å². The lowest BCUT2D eigenvalue weighted by Crippen LogP contribution is -2.22. The smallest absolute Gasteiger partial charge is 0.165 e. The Bertz CT molecular complexity index is 1910. The van der Waals surface area contributed by atoms with Crippen LogP contribution in [0.2, 0.25) is 0 Å². The molecule has 46 heavy (non-hydrogen) atoms. The van der Waals surface area contributed by atoms with Crippen LogP contribution in [0.15, 0.2) is 134 Å². The van der Waals surface area contributed by atoms with Crippen molar-refractivity contribution < 1.29 is 17.6 Å². The summed E-state index contributed by atoms with van der Waals surface area (Å²) in [6, 6.07) is 27.7. The Morgan fingerprint density at radius 1 is 0.739 bits per heavy atom. The molecular formula is C41H35F4N. The maximum absolute atomic E-state index is 14.8. The average Bonchev–Trinajstić information content (AvgIpc) is 3.26. The Hall–Kier alpha value is -4.90. The average molecular weight is 618 g/mol. The SMILES string of the molecule is C=C(C=CC(=C)N(c1ccc(C)cc1)c1ccc(C)cc1)c1ccc2c(c1)C(C)(C)c1cc(C3=C(F)C(F)=CC(F)C3F)ccc1-2. The summed E-state index contributed by atoms with van der Waals surface area (Å²) in [5.41, 5.74) is 9.56. The predicted octanol–water partition coefficient (Wildman–Crippen LogP) is 11.8. The molecule has 0 saturated carbocycles. The highest BCUT2D eigenvalue weighted by Gasteiger charge is 2.38. The minimum absolute atomic E-state index is 0.133. The molecule has 0 heterocycles. The summed E-state index contributed by atoms with van der Waals surface area (Å²) in [6.07, 6.45) is -0.285. The molecular weight excluding hydrogens is 582 g/mol. The van der Waals surface area contributed by atoms with Crippen molar-refractivity contribution in [3.8, 4) is 11.1 Å². The third kappa shape index (κ3) is 5.44. The molecule has 2 unspecified atom stereocenters. The molecule has 0 N–H and O–H groups in total. The monoisotopic (exact) mass is 617 g/mol. The summed E-state index contributed by atoms with van der Waals surface area (Å²) >= 11 is 0. The summed E-state index contributed by atoms with van der Waals surface area (Å²) in [5.74, 6) is -2.73. The van der Waals surface area contributed by atoms with E-state index < -0.39 is 35.0 Å². The minimum atomic E-state index is -2.28. The van der Waals surface area contributed by atoms with Crippen LogP contribution in [-0.2, 0) is 5.41 Å². The zero-order valence-corrected chi connectivity index (χ0v) is 26.3. The minimum Gasteiger partial charge on any atom is -0.311 e. The molecule has 2 aliphatic carbocycles. The van der Waals surface area contributed by atoms with Crippen molar-refractivity contribution in [1.29, 1.82) is 0 Å². The van der Waals surface area contributed by atoms with Crippen LogP contribution in [0.5, 0.6) is 0 Å². The fraction of sp³-hybridized carbons (Fsp3) is 0.171. The Kier molecular flexibility index (Phi) is 7.97. The van der Waals surface area contributed by atoms with Crippen molar-refractivity contribution in [2.45, 2.75) is 45.5 Å². The van der Waals surface area contributed by atoms with Crippen LogP contribution in [0, 0.1) is 13.8 Å². The molecule has 6 rings (SSSR count). The van der Waals surface area contributed by atoms with Gasteiger partial charge in [-0.3, -0.25) is 0 Å². The number of allylic oxidation sites excluding steroid dienone is 7. The van der Waals surface area contributed by atoms with Crippen LogP contribution in [0.1, 0.15) is 47.2 Å². The van der Waals surface area contributed by atoms with Gasteiger partial charge in [0.25, 0.3) is 0 Å². The summed E-state index contributed by atoms with van der Waals surface area (Å²) in [7, 11) is 0. The summed E-state index contributed by atoms with van der Waals surface area (Å²) < 4.78 is 57.7. The Labute approximate surface area is 268 Å². The van der Waals surface area contributed by atoms with Gasteiger partial charge in [0.05, 0.1) is 0 Å². The van der Waals surface area contributed by atoms with Crippen molar-refractivity contribution in [2.75, 3.05) is 4.90 Å². The molecule has 0 fully saturated rings. The number of hydrogen-bond donors (Lipinski definition) is 0. The highest BCUT2D eigenvalue weighted by Crippen LogP contribution is 2.51. The van der Waals surface area contributed by atoms with Crippen molar-refractivity contribution in [2.24, 2.45) is 0 Å². The van der Waals surface area contributed by atoms with E-state index in [-0.39, 0.29) is 5.56 Å². The molecule has 232 valence electrons. The van der Waals surface area contributed by atoms with E-state index in [1.807, 2.05) is 38.1 Å². The number of anilines is 2. The molecule has 4 aromatic rings. The molecule has 4 aromatic carbocycles. The summed E-state index contributed by atoms with van der Waals surface area (Å²) in [4.78, 5) is 2.10. The van der Waals surface area contributed by atoms with E-state index in [4.69, 9.17) is 0 Å². The van der Waals surface area contributed by atoms with Gasteiger partial charge in [0.2, 0.25) is 0 Å². The van der Waals surface area contributed by atoms with Gasteiger partial charge in [-0.15, -0.1) is 0 Å². The fourth-order valence-electron chi connectivity index (χ4n) is 6.33. The molecule has 2 atom stereocenters. The second-order valence-electron chi connectivity index (χ2n) is 12.6. The first-order valence-electron chi connectivity index (χ1n) is 15.2. The molecule has 0 bridgehead atoms. The van der Waals surface area contributed by atoms with Gasteiger partial charge in [0.15, 0.2) is 24.0 Å². The van der Waals surface area contributed by atoms with Gasteiger partial charge >= 0.3 is 0 Å². The number of benzene rings is 4. The van der Waals surface area contributed by atoms with Crippen molar-refractivity contribution >= 4 is 22.5 Å². The molecule has 0 spiro atoms. The van der Waals surface area contributed by atoms with E-state index in [0.717, 1.165) is 50.5 Å². The first kappa shape index (κ1) is 31.1. The highest BCUT2D eigenvalue weighted by molar-refractivity contribution is 5.87. The van der Waals surface area contributed by atoms with E-state index >= 15 is 0 Å². The van der Waals surface area contributed by atoms with Crippen LogP contribution in [0.25, 0.3) is 22.3 Å². The number of fused-ring (bicyclic) bond motifs is 3. The number of halogens is 4. The van der Waals surface area contributed by atoms with E-state index in [1.165, 1.54) is 17.2 Å². The number of hydrogen-bond acceptors (Lipinski definition) is 1. The Balaban J connectivity index is 1.29. The molecule has 0 aliphatic heterocycles. The largest absolute Gasteiger partial charge is 0.311 e. The number of nitrogens with zero attached hydrogens (tertiary/aromatic N) is 1. The quantitative estimate of drug-likeness (QED) is 0.147. The number of rotatable bonds is 7. The van der Waals surface area contributed by atoms with E-state index in [1.54, 1.807) is 12.1 Å². The second-order valence-corrected chi connectivity index (χ2v) is 12.6. The zero-order valence-electron chi connectivity index (χ0n) is 26.3. The summed E-state index contributed by atoms with van der Waals surface area (Å²) in [5, 5.41) is 0. The van der Waals surface area contributed by atoms with Gasteiger partial charge in [-0.25, -0.2) is 17.6 Å². The lowest BCUT2D eigenvalue weighted by molar-refractivity contribution is 0.244. The second kappa shape index (κ2) is 11.8. The maximum atomic E-state index is 14.8. The van der Waals surface area contributed by atoms with Crippen molar-refractivity contribution in [1.82, 2.24) is 0 Å². The number of alkyl halides is 2. The van der Waals surface area contributed by atoms with E-state index in [9.17, 15) is 17.6 Å². The third-order valence-electron chi connectivity index (χ3n) is 9.01. The van der Waals surface area contributed by atoms with Gasteiger partial charge in [-0.1, -0.05) is 92.7 Å². The van der Waals surface area contributed by atoms with Gasteiger partial charge in [0.1, 0.15) is 0 Å². The topological polar surface area (TPSA) is 3.24 Å². The molecule has 5 heteroatoms. The van der Waals surface area contributed by atoms with Crippen LogP contribution in [0.3, 0.4) is 0 Å². The molecule has 1 nitrogen and oxygen atoms in total. The lowest BCUT2D eigenvalue weighted by atomic mass is 9.80. The summed E-state index contributed by atoms with van der Waals surface area (Å²) in [6.45, 7) is 16.9. The lowest BCUT2D eigenvalue weighted by Gasteiger charge is -2.26. The van der Waals surface area contributed by atoms with E-state index in [2.05, 4.69) is 86.5 Å². The Morgan fingerprint density at radius 3 is 1.87 bits per heavy atom. The highest BCUT2D eigenvalue weighted by atomic mass is 19.2. The molecule has 2 aliphatic rings. The number of aryl methyl sites for hydroxylation is 2. The zero-order chi connectivity index (χ0) is 32.9. The van der Waals surface area contributed by atoms with Crippen molar-refractivity contribution in [3.05, 3.63) is 167 Å². The molecule has 0 radical (unpaired) electrons. The predicted molar refractivity (Wildman–Crippen MR) is 183 cm³/mol. The fourth-order valence-corrected chi connectivity index (χ4v) is 6.33. The molecule has 0 amide bonds. The standard InChI is InChI=1S/C41H35F4N/c1-24-7-15-30(16-8-24)46(31-17-9-25(2)10-18-31)27(4)12-11-26(3)28-13-19-32-33-20-14-29(22-35(33)41(5,6)34(32)21-28)38-39(44)36(42)23-37(43)40(38)45/h7-23,36,39H,3-4H2,1-2,5-6H3. The molecule has 0 saturated heterocycles. The van der Waals surface area contributed by atoms with Crippen LogP contribution >= 0.6 is 0 Å². The normalized spacial score (nSPS) is 18.3. The molecule has 0 aromatic heterocycles. The van der Waals surface area contributed by atoms with Gasteiger partial charge in [-0.05, 0) is 101 Å². The van der Waals surface area contributed by atoms with Crippen LogP contribution in [0.4, 0.5) is 28.9 Å². The first-order chi connectivity index (χ1) is 21.9. The Morgan fingerprint density at radius 2 is 1.28 bits per heavy atom. The maximum Gasteiger partial charge on any atom is 0.165 e. The van der Waals surface area contributed by atoms with E-state index in [0.29, 0.717) is 6.08 Å².